The highest BCUT2D eigenvalue weighted by Gasteiger charge is 2.48. The number of aryl methyl sites for hydroxylation is 1. The summed E-state index contributed by atoms with van der Waals surface area (Å²) in [5.41, 5.74) is 1.62. The van der Waals surface area contributed by atoms with Crippen LogP contribution in [-0.4, -0.2) is 44.2 Å². The van der Waals surface area contributed by atoms with Crippen LogP contribution in [0.15, 0.2) is 12.3 Å². The average Bonchev–Trinajstić information content (AvgIpc) is 3.13. The number of rotatable bonds is 1. The monoisotopic (exact) mass is 460 g/mol. The molecule has 9 heteroatoms. The van der Waals surface area contributed by atoms with Crippen LogP contribution in [-0.2, 0) is 23.8 Å². The molecule has 4 rings (SSSR count). The summed E-state index contributed by atoms with van der Waals surface area (Å²) in [4.78, 5) is 14.4. The number of piperidine rings is 1. The van der Waals surface area contributed by atoms with Gasteiger partial charge >= 0.3 is 6.09 Å². The SMILES string of the molecule is Cn1cc([C@@H]2C[C@]3(CCN2C(=O)O)OCCc2cc(I)sc23)nn1. The summed E-state index contributed by atoms with van der Waals surface area (Å²) in [6, 6.07) is 1.89. The van der Waals surface area contributed by atoms with E-state index in [1.54, 1.807) is 29.3 Å². The molecule has 1 N–H and O–H groups in total. The molecule has 0 aromatic carbocycles. The lowest BCUT2D eigenvalue weighted by Crippen LogP contribution is -2.49. The van der Waals surface area contributed by atoms with Crippen molar-refractivity contribution in [2.75, 3.05) is 13.2 Å². The predicted octanol–water partition coefficient (Wildman–Crippen LogP) is 2.76. The van der Waals surface area contributed by atoms with Crippen molar-refractivity contribution in [3.8, 4) is 0 Å². The smallest absolute Gasteiger partial charge is 0.407 e. The Kier molecular flexibility index (Phi) is 4.04. The van der Waals surface area contributed by atoms with Gasteiger partial charge in [-0.05, 0) is 47.1 Å². The summed E-state index contributed by atoms with van der Waals surface area (Å²) >= 11 is 4.11. The Morgan fingerprint density at radius 1 is 1.58 bits per heavy atom. The van der Waals surface area contributed by atoms with Gasteiger partial charge in [0, 0.05) is 24.9 Å². The molecule has 1 spiro atoms. The lowest BCUT2D eigenvalue weighted by molar-refractivity contribution is -0.107. The lowest BCUT2D eigenvalue weighted by atomic mass is 9.81. The number of nitrogens with zero attached hydrogens (tertiary/aromatic N) is 4. The van der Waals surface area contributed by atoms with Crippen LogP contribution in [0.2, 0.25) is 0 Å². The minimum atomic E-state index is -0.919. The fourth-order valence-electron chi connectivity index (χ4n) is 3.72. The molecule has 7 nitrogen and oxygen atoms in total. The number of carbonyl (C=O) groups is 1. The number of ether oxygens (including phenoxy) is 1. The Hall–Kier alpha value is -1.20. The van der Waals surface area contributed by atoms with Gasteiger partial charge in [-0.15, -0.1) is 16.4 Å². The van der Waals surface area contributed by atoms with E-state index in [1.807, 2.05) is 0 Å². The van der Waals surface area contributed by atoms with Gasteiger partial charge in [0.15, 0.2) is 0 Å². The number of fused-ring (bicyclic) bond motifs is 2. The van der Waals surface area contributed by atoms with E-state index in [0.29, 0.717) is 31.7 Å². The van der Waals surface area contributed by atoms with E-state index in [1.165, 1.54) is 18.2 Å². The first-order chi connectivity index (χ1) is 11.5. The Bertz CT molecular complexity index is 792. The first kappa shape index (κ1) is 16.3. The van der Waals surface area contributed by atoms with E-state index in [4.69, 9.17) is 4.74 Å². The number of hydrogen-bond acceptors (Lipinski definition) is 5. The molecule has 2 atom stereocenters. The molecule has 128 valence electrons. The van der Waals surface area contributed by atoms with E-state index >= 15 is 0 Å². The third kappa shape index (κ3) is 2.62. The van der Waals surface area contributed by atoms with Crippen molar-refractivity contribution in [1.82, 2.24) is 19.9 Å². The maximum Gasteiger partial charge on any atom is 0.407 e. The topological polar surface area (TPSA) is 80.5 Å². The highest BCUT2D eigenvalue weighted by atomic mass is 127. The zero-order chi connectivity index (χ0) is 16.9. The first-order valence-electron chi connectivity index (χ1n) is 7.77. The molecule has 2 aliphatic heterocycles. The van der Waals surface area contributed by atoms with Crippen molar-refractivity contribution in [2.45, 2.75) is 30.9 Å². The van der Waals surface area contributed by atoms with E-state index in [-0.39, 0.29) is 6.04 Å². The molecule has 24 heavy (non-hydrogen) atoms. The van der Waals surface area contributed by atoms with Gasteiger partial charge in [-0.3, -0.25) is 9.58 Å². The maximum absolute atomic E-state index is 11.7. The highest BCUT2D eigenvalue weighted by molar-refractivity contribution is 14.1. The van der Waals surface area contributed by atoms with Crippen molar-refractivity contribution < 1.29 is 14.6 Å². The molecule has 0 saturated carbocycles. The number of amides is 1. The lowest BCUT2D eigenvalue weighted by Gasteiger charge is -2.46. The van der Waals surface area contributed by atoms with Crippen molar-refractivity contribution in [3.05, 3.63) is 31.3 Å². The second kappa shape index (κ2) is 5.95. The summed E-state index contributed by atoms with van der Waals surface area (Å²) in [5.74, 6) is 0. The van der Waals surface area contributed by atoms with Crippen LogP contribution in [0.3, 0.4) is 0 Å². The Labute approximate surface area is 156 Å². The molecule has 0 unspecified atom stereocenters. The summed E-state index contributed by atoms with van der Waals surface area (Å²) in [6.45, 7) is 1.12. The van der Waals surface area contributed by atoms with Gasteiger partial charge in [0.2, 0.25) is 0 Å². The Morgan fingerprint density at radius 3 is 3.12 bits per heavy atom. The summed E-state index contributed by atoms with van der Waals surface area (Å²) in [5, 5.41) is 17.7. The molecule has 2 aliphatic rings. The highest BCUT2D eigenvalue weighted by Crippen LogP contribution is 2.50. The number of aromatic nitrogens is 3. The van der Waals surface area contributed by atoms with Gasteiger partial charge in [-0.1, -0.05) is 5.21 Å². The maximum atomic E-state index is 11.7. The largest absolute Gasteiger partial charge is 0.465 e. The van der Waals surface area contributed by atoms with Crippen molar-refractivity contribution >= 4 is 40.0 Å². The van der Waals surface area contributed by atoms with E-state index in [2.05, 4.69) is 39.0 Å². The molecule has 2 aromatic rings. The third-order valence-electron chi connectivity index (χ3n) is 4.81. The summed E-state index contributed by atoms with van der Waals surface area (Å²) in [7, 11) is 1.79. The van der Waals surface area contributed by atoms with Gasteiger partial charge in [0.1, 0.15) is 11.3 Å². The zero-order valence-electron chi connectivity index (χ0n) is 13.1. The van der Waals surface area contributed by atoms with Crippen molar-refractivity contribution in [1.29, 1.82) is 0 Å². The number of carboxylic acid groups (broad SMARTS) is 1. The molecule has 0 radical (unpaired) electrons. The normalized spacial score (nSPS) is 26.6. The third-order valence-corrected chi connectivity index (χ3v) is 6.93. The quantitative estimate of drug-likeness (QED) is 0.663. The van der Waals surface area contributed by atoms with Crippen LogP contribution in [0, 0.1) is 2.88 Å². The zero-order valence-corrected chi connectivity index (χ0v) is 16.1. The number of hydrogen-bond donors (Lipinski definition) is 1. The first-order valence-corrected chi connectivity index (χ1v) is 9.66. The molecule has 1 fully saturated rings. The average molecular weight is 460 g/mol. The van der Waals surface area contributed by atoms with Crippen molar-refractivity contribution in [3.63, 3.8) is 0 Å². The molecule has 4 heterocycles. The minimum absolute atomic E-state index is 0.337. The van der Waals surface area contributed by atoms with Crippen molar-refractivity contribution in [2.24, 2.45) is 7.05 Å². The van der Waals surface area contributed by atoms with E-state index in [0.717, 1.165) is 6.42 Å². The molecule has 2 aromatic heterocycles. The van der Waals surface area contributed by atoms with Crippen LogP contribution < -0.4 is 0 Å². The molecule has 1 saturated heterocycles. The predicted molar refractivity (Wildman–Crippen MR) is 96.1 cm³/mol. The molecular weight excluding hydrogens is 443 g/mol. The van der Waals surface area contributed by atoms with Crippen LogP contribution in [0.5, 0.6) is 0 Å². The molecule has 1 amide bonds. The number of halogens is 1. The Balaban J connectivity index is 1.74. The summed E-state index contributed by atoms with van der Waals surface area (Å²) in [6.07, 6.45) is 3.06. The number of likely N-dealkylation sites (tertiary alicyclic amines) is 1. The van der Waals surface area contributed by atoms with Gasteiger partial charge in [0.05, 0.1) is 21.7 Å². The summed E-state index contributed by atoms with van der Waals surface area (Å²) < 4.78 is 9.12. The standard InChI is InChI=1S/C15H17IN4O3S/c1-19-8-10(17-18-19)11-7-15(3-4-20(11)14(21)22)13-9(2-5-23-15)6-12(16)24-13/h6,8,11H,2-5,7H2,1H3,(H,21,22)/t11-,15-/m0/s1. The van der Waals surface area contributed by atoms with Gasteiger partial charge < -0.3 is 9.84 Å². The van der Waals surface area contributed by atoms with E-state index in [9.17, 15) is 9.90 Å². The second-order valence-electron chi connectivity index (χ2n) is 6.26. The van der Waals surface area contributed by atoms with E-state index < -0.39 is 11.7 Å². The van der Waals surface area contributed by atoms with Crippen LogP contribution >= 0.6 is 33.9 Å². The Morgan fingerprint density at radius 2 is 2.42 bits per heavy atom. The molecule has 0 aliphatic carbocycles. The fourth-order valence-corrected chi connectivity index (χ4v) is 5.87. The molecule has 0 bridgehead atoms. The second-order valence-corrected chi connectivity index (χ2v) is 9.21. The van der Waals surface area contributed by atoms with Crippen LogP contribution in [0.4, 0.5) is 4.79 Å². The van der Waals surface area contributed by atoms with Gasteiger partial charge in [-0.2, -0.15) is 0 Å². The number of thiophene rings is 1. The van der Waals surface area contributed by atoms with Crippen LogP contribution in [0.1, 0.15) is 35.0 Å². The minimum Gasteiger partial charge on any atom is -0.465 e. The van der Waals surface area contributed by atoms with Gasteiger partial charge in [0.25, 0.3) is 0 Å². The van der Waals surface area contributed by atoms with Crippen LogP contribution in [0.25, 0.3) is 0 Å². The van der Waals surface area contributed by atoms with Gasteiger partial charge in [-0.25, -0.2) is 4.79 Å². The fraction of sp³-hybridized carbons (Fsp3) is 0.533. The molecular formula is C15H17IN4O3S.